The topological polar surface area (TPSA) is 64.3 Å². The first kappa shape index (κ1) is 18.3. The number of carbonyl (C=O) groups is 2. The van der Waals surface area contributed by atoms with Gasteiger partial charge in [0, 0.05) is 14.1 Å². The minimum absolute atomic E-state index is 0.106. The predicted molar refractivity (Wildman–Crippen MR) is 111 cm³/mol. The molecule has 0 radical (unpaired) electrons. The maximum atomic E-state index is 12.8. The first-order valence-corrected chi connectivity index (χ1v) is 9.63. The molecule has 0 unspecified atom stereocenters. The number of hydrogen-bond donors (Lipinski definition) is 0. The Kier molecular flexibility index (Phi) is 4.47. The van der Waals surface area contributed by atoms with E-state index in [0.29, 0.717) is 4.91 Å². The number of aryl methyl sites for hydroxylation is 3. The van der Waals surface area contributed by atoms with Crippen LogP contribution in [0.15, 0.2) is 52.2 Å². The summed E-state index contributed by atoms with van der Waals surface area (Å²) in [5.41, 5.74) is 4.27. The molecule has 0 atom stereocenters. The summed E-state index contributed by atoms with van der Waals surface area (Å²) in [4.78, 5) is 38.9. The van der Waals surface area contributed by atoms with E-state index in [9.17, 15) is 14.4 Å². The number of imidazole rings is 1. The van der Waals surface area contributed by atoms with Gasteiger partial charge in [0.25, 0.3) is 11.1 Å². The first-order valence-electron chi connectivity index (χ1n) is 8.81. The van der Waals surface area contributed by atoms with E-state index in [1.165, 1.54) is 4.90 Å². The largest absolute Gasteiger partial charge is 0.328 e. The summed E-state index contributed by atoms with van der Waals surface area (Å²) >= 11 is 0.943. The molecule has 1 aliphatic rings. The van der Waals surface area contributed by atoms with Gasteiger partial charge < -0.3 is 0 Å². The fourth-order valence-electron chi connectivity index (χ4n) is 3.39. The molecular weight excluding hydrogens is 374 g/mol. The molecule has 3 aromatic rings. The monoisotopic (exact) mass is 393 g/mol. The fraction of sp³-hybridized carbons (Fsp3) is 0.190. The number of carbonyl (C=O) groups excluding carboxylic acids is 2. The first-order chi connectivity index (χ1) is 13.3. The minimum atomic E-state index is -0.293. The summed E-state index contributed by atoms with van der Waals surface area (Å²) in [6.07, 6.45) is 1.71. The van der Waals surface area contributed by atoms with Crippen LogP contribution in [-0.4, -0.2) is 25.2 Å². The maximum absolute atomic E-state index is 12.8. The second kappa shape index (κ2) is 6.83. The van der Waals surface area contributed by atoms with E-state index in [1.807, 2.05) is 49.4 Å². The number of fused-ring (bicyclic) bond motifs is 1. The Morgan fingerprint density at radius 3 is 2.46 bits per heavy atom. The van der Waals surface area contributed by atoms with Gasteiger partial charge in [0.2, 0.25) is 0 Å². The van der Waals surface area contributed by atoms with Crippen LogP contribution in [0.4, 0.5) is 4.79 Å². The lowest BCUT2D eigenvalue weighted by atomic mass is 10.1. The van der Waals surface area contributed by atoms with E-state index >= 15 is 0 Å². The van der Waals surface area contributed by atoms with Crippen LogP contribution >= 0.6 is 11.8 Å². The molecule has 2 heterocycles. The number of nitrogens with zero attached hydrogens (tertiary/aromatic N) is 3. The number of thioether (sulfide) groups is 1. The number of amides is 2. The molecule has 2 aromatic carbocycles. The van der Waals surface area contributed by atoms with Crippen LogP contribution in [0.2, 0.25) is 0 Å². The van der Waals surface area contributed by atoms with Gasteiger partial charge in [-0.3, -0.25) is 23.6 Å². The fourth-order valence-corrected chi connectivity index (χ4v) is 4.23. The molecule has 1 fully saturated rings. The summed E-state index contributed by atoms with van der Waals surface area (Å²) in [6, 6.07) is 13.3. The highest BCUT2D eigenvalue weighted by atomic mass is 32.2. The van der Waals surface area contributed by atoms with Crippen LogP contribution in [0.25, 0.3) is 17.1 Å². The lowest BCUT2D eigenvalue weighted by Crippen LogP contribution is -2.27. The van der Waals surface area contributed by atoms with E-state index < -0.39 is 0 Å². The molecule has 1 saturated heterocycles. The molecule has 1 aromatic heterocycles. The summed E-state index contributed by atoms with van der Waals surface area (Å²) < 4.78 is 3.14. The number of hydrogen-bond acceptors (Lipinski definition) is 4. The molecule has 4 rings (SSSR count). The maximum Gasteiger partial charge on any atom is 0.328 e. The average molecular weight is 393 g/mol. The molecular formula is C21H19N3O3S. The zero-order valence-corrected chi connectivity index (χ0v) is 16.6. The third-order valence-electron chi connectivity index (χ3n) is 4.89. The lowest BCUT2D eigenvalue weighted by molar-refractivity contribution is -0.123. The zero-order chi connectivity index (χ0) is 20.0. The summed E-state index contributed by atoms with van der Waals surface area (Å²) in [5.74, 6) is -0.293. The van der Waals surface area contributed by atoms with Gasteiger partial charge in [-0.15, -0.1) is 0 Å². The van der Waals surface area contributed by atoms with Crippen LogP contribution in [0, 0.1) is 6.92 Å². The second-order valence-electron chi connectivity index (χ2n) is 6.91. The Bertz CT molecular complexity index is 1220. The molecule has 1 aliphatic heterocycles. The molecule has 0 N–H and O–H groups in total. The Balaban J connectivity index is 1.64. The Morgan fingerprint density at radius 2 is 1.71 bits per heavy atom. The van der Waals surface area contributed by atoms with E-state index in [2.05, 4.69) is 0 Å². The third-order valence-corrected chi connectivity index (χ3v) is 5.80. The highest BCUT2D eigenvalue weighted by Gasteiger charge is 2.35. The average Bonchev–Trinajstić information content (AvgIpc) is 3.05. The van der Waals surface area contributed by atoms with Crippen molar-refractivity contribution in [3.05, 3.63) is 74.5 Å². The molecule has 0 aliphatic carbocycles. The summed E-state index contributed by atoms with van der Waals surface area (Å²) in [6.45, 7) is 2.24. The van der Waals surface area contributed by atoms with Crippen molar-refractivity contribution in [2.75, 3.05) is 0 Å². The van der Waals surface area contributed by atoms with Gasteiger partial charge in [0.15, 0.2) is 0 Å². The minimum Gasteiger partial charge on any atom is -0.295 e. The molecule has 6 nitrogen and oxygen atoms in total. The van der Waals surface area contributed by atoms with Crippen molar-refractivity contribution in [3.63, 3.8) is 0 Å². The van der Waals surface area contributed by atoms with Gasteiger partial charge in [-0.1, -0.05) is 35.9 Å². The van der Waals surface area contributed by atoms with Crippen molar-refractivity contribution in [1.82, 2.24) is 14.0 Å². The van der Waals surface area contributed by atoms with Crippen molar-refractivity contribution in [2.24, 2.45) is 14.1 Å². The molecule has 0 bridgehead atoms. The zero-order valence-electron chi connectivity index (χ0n) is 15.8. The predicted octanol–water partition coefficient (Wildman–Crippen LogP) is 3.42. The molecule has 142 valence electrons. The van der Waals surface area contributed by atoms with E-state index in [-0.39, 0.29) is 23.4 Å². The van der Waals surface area contributed by atoms with E-state index in [0.717, 1.165) is 39.5 Å². The summed E-state index contributed by atoms with van der Waals surface area (Å²) in [7, 11) is 3.44. The standard InChI is InChI=1S/C21H19N3O3S/c1-13-5-4-6-15(9-13)12-24-19(25)18(28-21(24)27)11-14-7-8-16-17(10-14)23(3)20(26)22(16)2/h4-11H,12H2,1-3H3/b18-11-. The van der Waals surface area contributed by atoms with E-state index in [4.69, 9.17) is 0 Å². The highest BCUT2D eigenvalue weighted by molar-refractivity contribution is 8.18. The Labute approximate surface area is 166 Å². The van der Waals surface area contributed by atoms with Gasteiger partial charge in [-0.25, -0.2) is 4.79 Å². The molecule has 0 saturated carbocycles. The van der Waals surface area contributed by atoms with Crippen molar-refractivity contribution in [2.45, 2.75) is 13.5 Å². The molecule has 0 spiro atoms. The van der Waals surface area contributed by atoms with Gasteiger partial charge in [0.1, 0.15) is 0 Å². The highest BCUT2D eigenvalue weighted by Crippen LogP contribution is 2.33. The van der Waals surface area contributed by atoms with Crippen LogP contribution in [0.3, 0.4) is 0 Å². The SMILES string of the molecule is Cc1cccc(CN2C(=O)S/C(=C\c3ccc4c(c3)n(C)c(=O)n4C)C2=O)c1. The number of imide groups is 1. The number of rotatable bonds is 3. The van der Waals surface area contributed by atoms with Crippen molar-refractivity contribution < 1.29 is 9.59 Å². The van der Waals surface area contributed by atoms with Crippen LogP contribution in [-0.2, 0) is 25.4 Å². The number of benzene rings is 2. The Morgan fingerprint density at radius 1 is 0.964 bits per heavy atom. The molecule has 2 amide bonds. The normalized spacial score (nSPS) is 16.0. The third kappa shape index (κ3) is 3.07. The summed E-state index contributed by atoms with van der Waals surface area (Å²) in [5, 5.41) is -0.272. The lowest BCUT2D eigenvalue weighted by Gasteiger charge is -2.12. The van der Waals surface area contributed by atoms with Gasteiger partial charge in [-0.2, -0.15) is 0 Å². The van der Waals surface area contributed by atoms with Crippen molar-refractivity contribution >= 4 is 40.0 Å². The van der Waals surface area contributed by atoms with Crippen LogP contribution < -0.4 is 5.69 Å². The quantitative estimate of drug-likeness (QED) is 0.640. The van der Waals surface area contributed by atoms with Crippen LogP contribution in [0.1, 0.15) is 16.7 Å². The van der Waals surface area contributed by atoms with Gasteiger partial charge in [0.05, 0.1) is 22.5 Å². The van der Waals surface area contributed by atoms with Crippen molar-refractivity contribution in [1.29, 1.82) is 0 Å². The van der Waals surface area contributed by atoms with Crippen molar-refractivity contribution in [3.8, 4) is 0 Å². The molecule has 28 heavy (non-hydrogen) atoms. The van der Waals surface area contributed by atoms with Gasteiger partial charge in [-0.05, 0) is 48.0 Å². The number of aromatic nitrogens is 2. The van der Waals surface area contributed by atoms with Crippen LogP contribution in [0.5, 0.6) is 0 Å². The molecule has 7 heteroatoms. The van der Waals surface area contributed by atoms with Gasteiger partial charge >= 0.3 is 5.69 Å². The smallest absolute Gasteiger partial charge is 0.295 e. The Hall–Kier alpha value is -3.06. The second-order valence-corrected chi connectivity index (χ2v) is 7.90. The van der Waals surface area contributed by atoms with E-state index in [1.54, 1.807) is 29.3 Å².